The molecule has 0 aliphatic heterocycles. The first-order valence-corrected chi connectivity index (χ1v) is 11.7. The summed E-state index contributed by atoms with van der Waals surface area (Å²) in [6.45, 7) is 0.961. The highest BCUT2D eigenvalue weighted by Gasteiger charge is 2.09. The summed E-state index contributed by atoms with van der Waals surface area (Å²) in [5.41, 5.74) is 3.09. The van der Waals surface area contributed by atoms with Crippen LogP contribution in [-0.4, -0.2) is 36.1 Å². The van der Waals surface area contributed by atoms with Gasteiger partial charge in [-0.1, -0.05) is 48.5 Å². The van der Waals surface area contributed by atoms with Crippen LogP contribution in [0.25, 0.3) is 6.08 Å². The third-order valence-electron chi connectivity index (χ3n) is 5.24. The fourth-order valence-electron chi connectivity index (χ4n) is 3.43. The van der Waals surface area contributed by atoms with Crippen LogP contribution >= 0.6 is 0 Å². The van der Waals surface area contributed by atoms with Crippen molar-refractivity contribution in [3.63, 3.8) is 0 Å². The van der Waals surface area contributed by atoms with Crippen molar-refractivity contribution in [1.82, 2.24) is 9.97 Å². The van der Waals surface area contributed by atoms with Crippen molar-refractivity contribution in [2.75, 3.05) is 31.0 Å². The molecule has 1 heterocycles. The average molecular weight is 499 g/mol. The van der Waals surface area contributed by atoms with E-state index in [9.17, 15) is 9.18 Å². The van der Waals surface area contributed by atoms with Crippen LogP contribution in [0.1, 0.15) is 11.1 Å². The number of methoxy groups -OCH3 is 1. The summed E-state index contributed by atoms with van der Waals surface area (Å²) in [6, 6.07) is 24.1. The van der Waals surface area contributed by atoms with E-state index in [1.54, 1.807) is 37.5 Å². The zero-order valence-corrected chi connectivity index (χ0v) is 20.4. The second-order valence-electron chi connectivity index (χ2n) is 8.09. The molecule has 0 amide bonds. The Labute approximate surface area is 215 Å². The summed E-state index contributed by atoms with van der Waals surface area (Å²) in [4.78, 5) is 20.7. The minimum absolute atomic E-state index is 0.0180. The summed E-state index contributed by atoms with van der Waals surface area (Å²) < 4.78 is 25.0. The third-order valence-corrected chi connectivity index (χ3v) is 5.24. The lowest BCUT2D eigenvalue weighted by molar-refractivity contribution is -0.113. The number of nitrogens with one attached hydrogen (secondary N) is 2. The summed E-state index contributed by atoms with van der Waals surface area (Å²) in [6.07, 6.45) is 4.68. The van der Waals surface area contributed by atoms with Gasteiger partial charge in [0.15, 0.2) is 17.4 Å². The summed E-state index contributed by atoms with van der Waals surface area (Å²) in [5, 5.41) is 6.04. The van der Waals surface area contributed by atoms with Gasteiger partial charge in [0.1, 0.15) is 12.4 Å². The Morgan fingerprint density at radius 2 is 1.76 bits per heavy atom. The van der Waals surface area contributed by atoms with Gasteiger partial charge in [-0.05, 0) is 53.6 Å². The molecule has 0 unspecified atom stereocenters. The van der Waals surface area contributed by atoms with E-state index in [1.165, 1.54) is 0 Å². The predicted octanol–water partition coefficient (Wildman–Crippen LogP) is 5.95. The second kappa shape index (κ2) is 12.9. The zero-order chi connectivity index (χ0) is 25.9. The van der Waals surface area contributed by atoms with E-state index < -0.39 is 5.82 Å². The Morgan fingerprint density at radius 3 is 2.54 bits per heavy atom. The molecule has 2 N–H and O–H groups in total. The number of rotatable bonds is 12. The van der Waals surface area contributed by atoms with Gasteiger partial charge in [-0.2, -0.15) is 4.98 Å². The molecule has 1 aromatic heterocycles. The third kappa shape index (κ3) is 7.98. The number of hydrogen-bond donors (Lipinski definition) is 2. The number of anilines is 4. The topological polar surface area (TPSA) is 85.4 Å². The van der Waals surface area contributed by atoms with Crippen molar-refractivity contribution in [1.29, 1.82) is 0 Å². The molecule has 4 rings (SSSR count). The molecule has 0 saturated carbocycles. The van der Waals surface area contributed by atoms with Gasteiger partial charge in [0.25, 0.3) is 0 Å². The van der Waals surface area contributed by atoms with E-state index in [2.05, 4.69) is 20.6 Å². The smallest absolute Gasteiger partial charge is 0.229 e. The molecular formula is C29H27FN4O3. The van der Waals surface area contributed by atoms with Gasteiger partial charge in [0, 0.05) is 24.9 Å². The Balaban J connectivity index is 1.38. The predicted molar refractivity (Wildman–Crippen MR) is 143 cm³/mol. The van der Waals surface area contributed by atoms with Crippen LogP contribution in [-0.2, 0) is 16.0 Å². The first-order chi connectivity index (χ1) is 18.1. The normalized spacial score (nSPS) is 10.9. The molecular weight excluding hydrogens is 471 g/mol. The van der Waals surface area contributed by atoms with Gasteiger partial charge in [-0.25, -0.2) is 9.37 Å². The van der Waals surface area contributed by atoms with Crippen LogP contribution < -0.4 is 15.4 Å². The van der Waals surface area contributed by atoms with Gasteiger partial charge in [0.2, 0.25) is 5.95 Å². The SMILES string of the molecule is COCCOc1ccc(Nc2ncc(F)c(Nc3cccc(CC(=O)C=Cc4ccccc4)c3)n2)cc1. The highest BCUT2D eigenvalue weighted by Crippen LogP contribution is 2.23. The first kappa shape index (κ1) is 25.5. The Morgan fingerprint density at radius 1 is 0.946 bits per heavy atom. The van der Waals surface area contributed by atoms with Crippen molar-refractivity contribution in [3.8, 4) is 5.75 Å². The maximum atomic E-state index is 14.5. The van der Waals surface area contributed by atoms with Crippen LogP contribution in [0.5, 0.6) is 5.75 Å². The van der Waals surface area contributed by atoms with E-state index in [1.807, 2.05) is 60.7 Å². The van der Waals surface area contributed by atoms with E-state index in [-0.39, 0.29) is 24.0 Å². The first-order valence-electron chi connectivity index (χ1n) is 11.7. The average Bonchev–Trinajstić information content (AvgIpc) is 2.91. The molecule has 0 aliphatic rings. The molecule has 37 heavy (non-hydrogen) atoms. The molecule has 0 radical (unpaired) electrons. The summed E-state index contributed by atoms with van der Waals surface area (Å²) >= 11 is 0. The molecule has 0 aliphatic carbocycles. The van der Waals surface area contributed by atoms with Gasteiger partial charge in [-0.15, -0.1) is 0 Å². The van der Waals surface area contributed by atoms with Gasteiger partial charge >= 0.3 is 0 Å². The highest BCUT2D eigenvalue weighted by atomic mass is 19.1. The van der Waals surface area contributed by atoms with Crippen molar-refractivity contribution in [3.05, 3.63) is 108 Å². The van der Waals surface area contributed by atoms with Crippen LogP contribution in [0.15, 0.2) is 91.1 Å². The number of allylic oxidation sites excluding steroid dienone is 1. The molecule has 4 aromatic rings. The number of ketones is 1. The lowest BCUT2D eigenvalue weighted by Gasteiger charge is -2.11. The van der Waals surface area contributed by atoms with E-state index in [4.69, 9.17) is 9.47 Å². The van der Waals surface area contributed by atoms with E-state index in [0.29, 0.717) is 24.7 Å². The van der Waals surface area contributed by atoms with Crippen LogP contribution in [0.3, 0.4) is 0 Å². The van der Waals surface area contributed by atoms with Crippen molar-refractivity contribution in [2.45, 2.75) is 6.42 Å². The largest absolute Gasteiger partial charge is 0.491 e. The van der Waals surface area contributed by atoms with Crippen molar-refractivity contribution < 1.29 is 18.7 Å². The van der Waals surface area contributed by atoms with Crippen molar-refractivity contribution in [2.24, 2.45) is 0 Å². The Kier molecular flexibility index (Phi) is 8.93. The number of carbonyl (C=O) groups excluding carboxylic acids is 1. The van der Waals surface area contributed by atoms with Crippen LogP contribution in [0.4, 0.5) is 27.5 Å². The minimum atomic E-state index is -0.597. The molecule has 188 valence electrons. The Bertz CT molecular complexity index is 1350. The standard InChI is InChI=1S/C29H27FN4O3/c1-36-16-17-37-26-14-11-23(12-15-26)33-29-31-20-27(30)28(34-29)32-24-9-5-8-22(18-24)19-25(35)13-10-21-6-3-2-4-7-21/h2-15,18,20H,16-17,19H2,1H3,(H2,31,32,33,34). The highest BCUT2D eigenvalue weighted by molar-refractivity contribution is 5.95. The quantitative estimate of drug-likeness (QED) is 0.184. The summed E-state index contributed by atoms with van der Waals surface area (Å²) in [7, 11) is 1.62. The van der Waals surface area contributed by atoms with Gasteiger partial charge in [-0.3, -0.25) is 4.79 Å². The second-order valence-corrected chi connectivity index (χ2v) is 8.09. The van der Waals surface area contributed by atoms with E-state index in [0.717, 1.165) is 23.0 Å². The number of benzene rings is 3. The number of hydrogen-bond acceptors (Lipinski definition) is 7. The monoisotopic (exact) mass is 498 g/mol. The lowest BCUT2D eigenvalue weighted by atomic mass is 10.1. The molecule has 0 spiro atoms. The maximum absolute atomic E-state index is 14.5. The fraction of sp³-hybridized carbons (Fsp3) is 0.138. The number of aromatic nitrogens is 2. The number of halogens is 1. The number of ether oxygens (including phenoxy) is 2. The van der Waals surface area contributed by atoms with Gasteiger partial charge < -0.3 is 20.1 Å². The molecule has 3 aromatic carbocycles. The van der Waals surface area contributed by atoms with Crippen LogP contribution in [0, 0.1) is 5.82 Å². The minimum Gasteiger partial charge on any atom is -0.491 e. The fourth-order valence-corrected chi connectivity index (χ4v) is 3.43. The number of carbonyl (C=O) groups is 1. The maximum Gasteiger partial charge on any atom is 0.229 e. The van der Waals surface area contributed by atoms with Gasteiger partial charge in [0.05, 0.1) is 12.8 Å². The molecule has 8 heteroatoms. The summed E-state index contributed by atoms with van der Waals surface area (Å²) in [5.74, 6) is 0.327. The number of nitrogens with zero attached hydrogens (tertiary/aromatic N) is 2. The lowest BCUT2D eigenvalue weighted by Crippen LogP contribution is -2.05. The molecule has 7 nitrogen and oxygen atoms in total. The zero-order valence-electron chi connectivity index (χ0n) is 20.4. The molecule has 0 saturated heterocycles. The van der Waals surface area contributed by atoms with Crippen LogP contribution in [0.2, 0.25) is 0 Å². The van der Waals surface area contributed by atoms with Crippen molar-refractivity contribution >= 4 is 35.0 Å². The van der Waals surface area contributed by atoms with E-state index >= 15 is 0 Å². The molecule has 0 bridgehead atoms. The molecule has 0 fully saturated rings. The molecule has 0 atom stereocenters. The Hall–Kier alpha value is -4.56.